The zero-order chi connectivity index (χ0) is 11.4. The highest BCUT2D eigenvalue weighted by atomic mass is 16.5. The Hall–Kier alpha value is -1.58. The molecule has 1 aromatic rings. The van der Waals surface area contributed by atoms with Crippen LogP contribution in [-0.2, 0) is 4.74 Å². The molecule has 0 aliphatic heterocycles. The lowest BCUT2D eigenvalue weighted by atomic mass is 10.1. The Kier molecular flexibility index (Phi) is 3.66. The Balaban J connectivity index is 3.06. The average Bonchev–Trinajstić information content (AvgIpc) is 2.15. The minimum atomic E-state index is -0.396. The molecule has 0 unspecified atom stereocenters. The topological polar surface area (TPSA) is 48.4 Å². The summed E-state index contributed by atoms with van der Waals surface area (Å²) in [5, 5.41) is 0. The molecule has 0 aliphatic rings. The summed E-state index contributed by atoms with van der Waals surface area (Å²) in [6.07, 6.45) is 1.45. The van der Waals surface area contributed by atoms with E-state index in [1.165, 1.54) is 7.11 Å². The van der Waals surface area contributed by atoms with Crippen LogP contribution in [0, 0.1) is 6.92 Å². The fourth-order valence-electron chi connectivity index (χ4n) is 1.21. The normalized spacial score (nSPS) is 10.2. The molecule has 0 saturated carbocycles. The zero-order valence-electron chi connectivity index (χ0n) is 9.40. The van der Waals surface area contributed by atoms with Gasteiger partial charge >= 0.3 is 5.97 Å². The van der Waals surface area contributed by atoms with Crippen LogP contribution in [0.25, 0.3) is 0 Å². The third-order valence-electron chi connectivity index (χ3n) is 1.86. The number of carbonyl (C=O) groups excluding carboxylic acids is 1. The van der Waals surface area contributed by atoms with E-state index in [9.17, 15) is 4.79 Å². The van der Waals surface area contributed by atoms with Crippen LogP contribution in [-0.4, -0.2) is 24.2 Å². The van der Waals surface area contributed by atoms with Gasteiger partial charge in [0.2, 0.25) is 5.88 Å². The number of pyridine rings is 1. The Bertz CT molecular complexity index is 361. The van der Waals surface area contributed by atoms with Crippen LogP contribution < -0.4 is 4.74 Å². The molecule has 1 heterocycles. The molecule has 0 fully saturated rings. The Morgan fingerprint density at radius 1 is 1.47 bits per heavy atom. The third-order valence-corrected chi connectivity index (χ3v) is 1.86. The predicted molar refractivity (Wildman–Crippen MR) is 56.1 cm³/mol. The molecule has 0 amide bonds. The van der Waals surface area contributed by atoms with Gasteiger partial charge in [-0.3, -0.25) is 0 Å². The molecule has 0 radical (unpaired) electrons. The molecule has 0 aromatic carbocycles. The van der Waals surface area contributed by atoms with Crippen LogP contribution in [0.5, 0.6) is 5.88 Å². The van der Waals surface area contributed by atoms with Crippen molar-refractivity contribution in [1.29, 1.82) is 0 Å². The van der Waals surface area contributed by atoms with Crippen molar-refractivity contribution in [3.8, 4) is 5.88 Å². The molecule has 82 valence electrons. The van der Waals surface area contributed by atoms with Crippen LogP contribution in [0.2, 0.25) is 0 Å². The second kappa shape index (κ2) is 4.77. The lowest BCUT2D eigenvalue weighted by Crippen LogP contribution is -2.14. The maximum Gasteiger partial charge on any atom is 0.344 e. The Morgan fingerprint density at radius 3 is 2.67 bits per heavy atom. The Morgan fingerprint density at radius 2 is 2.13 bits per heavy atom. The number of hydrogen-bond donors (Lipinski definition) is 0. The van der Waals surface area contributed by atoms with Crippen molar-refractivity contribution >= 4 is 5.97 Å². The van der Waals surface area contributed by atoms with Crippen LogP contribution >= 0.6 is 0 Å². The summed E-state index contributed by atoms with van der Waals surface area (Å²) in [4.78, 5) is 15.7. The highest BCUT2D eigenvalue weighted by molar-refractivity contribution is 5.93. The van der Waals surface area contributed by atoms with Crippen molar-refractivity contribution < 1.29 is 14.3 Å². The number of esters is 1. The fraction of sp³-hybridized carbons (Fsp3) is 0.455. The van der Waals surface area contributed by atoms with Gasteiger partial charge in [0.25, 0.3) is 0 Å². The average molecular weight is 209 g/mol. The highest BCUT2D eigenvalue weighted by Crippen LogP contribution is 2.20. The van der Waals surface area contributed by atoms with Gasteiger partial charge in [0.15, 0.2) is 0 Å². The van der Waals surface area contributed by atoms with Crippen molar-refractivity contribution in [1.82, 2.24) is 4.98 Å². The van der Waals surface area contributed by atoms with E-state index >= 15 is 0 Å². The zero-order valence-corrected chi connectivity index (χ0v) is 9.40. The molecule has 4 nitrogen and oxygen atoms in total. The van der Waals surface area contributed by atoms with Crippen LogP contribution in [0.3, 0.4) is 0 Å². The standard InChI is InChI=1S/C11H15NO3/c1-7(2)15-11(13)9-8(3)5-6-12-10(9)14-4/h5-7H,1-4H3. The molecule has 0 aliphatic carbocycles. The van der Waals surface area contributed by atoms with Gasteiger partial charge in [-0.25, -0.2) is 9.78 Å². The maximum atomic E-state index is 11.7. The van der Waals surface area contributed by atoms with E-state index in [1.54, 1.807) is 26.1 Å². The van der Waals surface area contributed by atoms with E-state index in [1.807, 2.05) is 6.92 Å². The summed E-state index contributed by atoms with van der Waals surface area (Å²) < 4.78 is 10.1. The van der Waals surface area contributed by atoms with Crippen LogP contribution in [0.15, 0.2) is 12.3 Å². The SMILES string of the molecule is COc1nccc(C)c1C(=O)OC(C)C. The molecule has 4 heteroatoms. The molecular weight excluding hydrogens is 194 g/mol. The third kappa shape index (κ3) is 2.68. The summed E-state index contributed by atoms with van der Waals surface area (Å²) in [6, 6.07) is 1.75. The number of rotatable bonds is 3. The first kappa shape index (κ1) is 11.5. The number of nitrogens with zero attached hydrogens (tertiary/aromatic N) is 1. The van der Waals surface area contributed by atoms with E-state index in [-0.39, 0.29) is 6.10 Å². The lowest BCUT2D eigenvalue weighted by Gasteiger charge is -2.11. The van der Waals surface area contributed by atoms with E-state index in [0.717, 1.165) is 5.56 Å². The van der Waals surface area contributed by atoms with E-state index in [0.29, 0.717) is 11.4 Å². The Labute approximate surface area is 89.2 Å². The first-order chi connectivity index (χ1) is 7.06. The number of aromatic nitrogens is 1. The van der Waals surface area contributed by atoms with Crippen molar-refractivity contribution in [2.45, 2.75) is 26.9 Å². The molecule has 0 bridgehead atoms. The largest absolute Gasteiger partial charge is 0.480 e. The van der Waals surface area contributed by atoms with Gasteiger partial charge in [0.05, 0.1) is 13.2 Å². The molecule has 0 N–H and O–H groups in total. The van der Waals surface area contributed by atoms with Gasteiger partial charge in [-0.05, 0) is 32.4 Å². The van der Waals surface area contributed by atoms with E-state index in [4.69, 9.17) is 9.47 Å². The van der Waals surface area contributed by atoms with Gasteiger partial charge in [0, 0.05) is 6.20 Å². The quantitative estimate of drug-likeness (QED) is 0.714. The van der Waals surface area contributed by atoms with Gasteiger partial charge in [-0.15, -0.1) is 0 Å². The minimum absolute atomic E-state index is 0.151. The minimum Gasteiger partial charge on any atom is -0.480 e. The number of carbonyl (C=O) groups is 1. The highest BCUT2D eigenvalue weighted by Gasteiger charge is 2.18. The molecule has 15 heavy (non-hydrogen) atoms. The first-order valence-corrected chi connectivity index (χ1v) is 4.76. The summed E-state index contributed by atoms with van der Waals surface area (Å²) in [7, 11) is 1.48. The smallest absolute Gasteiger partial charge is 0.344 e. The molecular formula is C11H15NO3. The van der Waals surface area contributed by atoms with E-state index < -0.39 is 5.97 Å². The number of methoxy groups -OCH3 is 1. The van der Waals surface area contributed by atoms with E-state index in [2.05, 4.69) is 4.98 Å². The molecule has 0 spiro atoms. The fourth-order valence-corrected chi connectivity index (χ4v) is 1.21. The van der Waals surface area contributed by atoms with Crippen LogP contribution in [0.1, 0.15) is 29.8 Å². The summed E-state index contributed by atoms with van der Waals surface area (Å²) in [6.45, 7) is 5.42. The molecule has 0 atom stereocenters. The summed E-state index contributed by atoms with van der Waals surface area (Å²) in [5.41, 5.74) is 1.20. The molecule has 0 saturated heterocycles. The van der Waals surface area contributed by atoms with Crippen molar-refractivity contribution in [2.24, 2.45) is 0 Å². The monoisotopic (exact) mass is 209 g/mol. The summed E-state index contributed by atoms with van der Waals surface area (Å²) >= 11 is 0. The summed E-state index contributed by atoms with van der Waals surface area (Å²) in [5.74, 6) is -0.0897. The lowest BCUT2D eigenvalue weighted by molar-refractivity contribution is 0.0372. The van der Waals surface area contributed by atoms with Gasteiger partial charge in [-0.1, -0.05) is 0 Å². The molecule has 1 aromatic heterocycles. The first-order valence-electron chi connectivity index (χ1n) is 4.76. The molecule has 1 rings (SSSR count). The van der Waals surface area contributed by atoms with Gasteiger partial charge in [0.1, 0.15) is 5.56 Å². The predicted octanol–water partition coefficient (Wildman–Crippen LogP) is 1.96. The van der Waals surface area contributed by atoms with Crippen LogP contribution in [0.4, 0.5) is 0 Å². The van der Waals surface area contributed by atoms with Gasteiger partial charge < -0.3 is 9.47 Å². The maximum absolute atomic E-state index is 11.7. The number of hydrogen-bond acceptors (Lipinski definition) is 4. The van der Waals surface area contributed by atoms with Crippen molar-refractivity contribution in [3.63, 3.8) is 0 Å². The number of aryl methyl sites for hydroxylation is 1. The van der Waals surface area contributed by atoms with Crippen molar-refractivity contribution in [3.05, 3.63) is 23.4 Å². The number of ether oxygens (including phenoxy) is 2. The van der Waals surface area contributed by atoms with Crippen molar-refractivity contribution in [2.75, 3.05) is 7.11 Å². The second-order valence-electron chi connectivity index (χ2n) is 3.47. The van der Waals surface area contributed by atoms with Gasteiger partial charge in [-0.2, -0.15) is 0 Å². The second-order valence-corrected chi connectivity index (χ2v) is 3.47.